The van der Waals surface area contributed by atoms with Crippen LogP contribution < -0.4 is 11.2 Å². The number of hydrogen-bond donors (Lipinski definition) is 2. The van der Waals surface area contributed by atoms with Gasteiger partial charge in [0.05, 0.1) is 9.99 Å². The van der Waals surface area contributed by atoms with Gasteiger partial charge in [0.2, 0.25) is 0 Å². The highest BCUT2D eigenvalue weighted by atomic mass is 79.9. The first-order valence-electron chi connectivity index (χ1n) is 4.60. The third kappa shape index (κ3) is 1.04. The normalized spacial score (nSPS) is 11.3. The standard InChI is InChI=1S/C10H6BrN3O2/c11-7-5-3-1-2-4-6(5)14-8(7)9(15)12-13-10(14)16/h1-4H,(H,12,15)(H,13,16). The van der Waals surface area contributed by atoms with Gasteiger partial charge in [-0.3, -0.25) is 14.3 Å². The molecule has 0 atom stereocenters. The second-order valence-corrected chi connectivity index (χ2v) is 4.19. The van der Waals surface area contributed by atoms with Crippen molar-refractivity contribution in [3.05, 3.63) is 49.6 Å². The predicted octanol–water partition coefficient (Wildman–Crippen LogP) is 1.23. The Hall–Kier alpha value is -1.82. The Morgan fingerprint density at radius 3 is 2.69 bits per heavy atom. The minimum Gasteiger partial charge on any atom is -0.266 e. The lowest BCUT2D eigenvalue weighted by molar-refractivity contribution is 0.877. The van der Waals surface area contributed by atoms with E-state index < -0.39 is 0 Å². The van der Waals surface area contributed by atoms with Gasteiger partial charge in [0.25, 0.3) is 5.56 Å². The number of H-pyrrole nitrogens is 2. The zero-order valence-corrected chi connectivity index (χ0v) is 9.54. The summed E-state index contributed by atoms with van der Waals surface area (Å²) in [6, 6.07) is 7.32. The van der Waals surface area contributed by atoms with Crippen molar-refractivity contribution in [2.24, 2.45) is 0 Å². The number of para-hydroxylation sites is 1. The summed E-state index contributed by atoms with van der Waals surface area (Å²) in [5.74, 6) is 0. The summed E-state index contributed by atoms with van der Waals surface area (Å²) in [5, 5.41) is 5.44. The molecule has 0 radical (unpaired) electrons. The molecule has 0 bridgehead atoms. The largest absolute Gasteiger partial charge is 0.345 e. The smallest absolute Gasteiger partial charge is 0.266 e. The average molecular weight is 280 g/mol. The predicted molar refractivity (Wildman–Crippen MR) is 63.8 cm³/mol. The average Bonchev–Trinajstić information content (AvgIpc) is 2.60. The molecule has 0 saturated carbocycles. The molecule has 0 aliphatic heterocycles. The van der Waals surface area contributed by atoms with E-state index in [1.807, 2.05) is 18.2 Å². The topological polar surface area (TPSA) is 70.1 Å². The quantitative estimate of drug-likeness (QED) is 0.650. The van der Waals surface area contributed by atoms with Crippen LogP contribution in [0.4, 0.5) is 0 Å². The summed E-state index contributed by atoms with van der Waals surface area (Å²) in [7, 11) is 0. The van der Waals surface area contributed by atoms with Gasteiger partial charge in [-0.1, -0.05) is 18.2 Å². The van der Waals surface area contributed by atoms with E-state index in [0.717, 1.165) is 5.39 Å². The lowest BCUT2D eigenvalue weighted by Crippen LogP contribution is -2.25. The number of aromatic amines is 2. The summed E-state index contributed by atoms with van der Waals surface area (Å²) in [6.07, 6.45) is 0. The van der Waals surface area contributed by atoms with E-state index in [1.165, 1.54) is 4.40 Å². The van der Waals surface area contributed by atoms with E-state index in [9.17, 15) is 9.59 Å². The van der Waals surface area contributed by atoms with Gasteiger partial charge in [0.15, 0.2) is 0 Å². The fourth-order valence-corrected chi connectivity index (χ4v) is 2.53. The first kappa shape index (κ1) is 9.41. The molecule has 6 heteroatoms. The number of rotatable bonds is 0. The summed E-state index contributed by atoms with van der Waals surface area (Å²) in [5.41, 5.74) is 0.334. The maximum absolute atomic E-state index is 11.7. The number of halogens is 1. The molecule has 2 aromatic heterocycles. The number of aromatic nitrogens is 3. The fraction of sp³-hybridized carbons (Fsp3) is 0. The molecule has 1 aromatic carbocycles. The maximum Gasteiger partial charge on any atom is 0.345 e. The number of nitrogens with one attached hydrogen (secondary N) is 2. The summed E-state index contributed by atoms with van der Waals surface area (Å²) in [4.78, 5) is 23.3. The van der Waals surface area contributed by atoms with Gasteiger partial charge in [-0.15, -0.1) is 0 Å². The van der Waals surface area contributed by atoms with Crippen LogP contribution >= 0.6 is 15.9 Å². The molecule has 0 saturated heterocycles. The van der Waals surface area contributed by atoms with Crippen LogP contribution in [-0.4, -0.2) is 14.6 Å². The van der Waals surface area contributed by atoms with Crippen LogP contribution in [0.1, 0.15) is 0 Å². The van der Waals surface area contributed by atoms with Crippen molar-refractivity contribution in [3.8, 4) is 0 Å². The van der Waals surface area contributed by atoms with Crippen molar-refractivity contribution in [2.45, 2.75) is 0 Å². The van der Waals surface area contributed by atoms with E-state index in [4.69, 9.17) is 0 Å². The van der Waals surface area contributed by atoms with Crippen LogP contribution in [0, 0.1) is 0 Å². The highest BCUT2D eigenvalue weighted by Crippen LogP contribution is 2.27. The van der Waals surface area contributed by atoms with Gasteiger partial charge >= 0.3 is 5.69 Å². The van der Waals surface area contributed by atoms with Gasteiger partial charge in [-0.25, -0.2) is 9.89 Å². The van der Waals surface area contributed by atoms with E-state index >= 15 is 0 Å². The Morgan fingerprint density at radius 2 is 1.88 bits per heavy atom. The maximum atomic E-state index is 11.7. The Labute approximate surface area is 96.8 Å². The molecule has 0 amide bonds. The molecule has 0 aliphatic rings. The fourth-order valence-electron chi connectivity index (χ4n) is 1.84. The van der Waals surface area contributed by atoms with E-state index in [2.05, 4.69) is 26.1 Å². The Balaban J connectivity index is 2.84. The summed E-state index contributed by atoms with van der Waals surface area (Å²) < 4.78 is 1.99. The van der Waals surface area contributed by atoms with Gasteiger partial charge in [0, 0.05) is 5.39 Å². The molecule has 0 aliphatic carbocycles. The summed E-state index contributed by atoms with van der Waals surface area (Å²) in [6.45, 7) is 0. The van der Waals surface area contributed by atoms with Crippen LogP contribution in [0.15, 0.2) is 38.3 Å². The minimum absolute atomic E-state index is 0.324. The van der Waals surface area contributed by atoms with E-state index in [-0.39, 0.29) is 11.2 Å². The number of fused-ring (bicyclic) bond motifs is 3. The molecule has 2 heterocycles. The SMILES string of the molecule is O=c1[nH][nH]c(=O)n2c1c(Br)c1ccccc12. The molecule has 5 nitrogen and oxygen atoms in total. The van der Waals surface area contributed by atoms with Crippen molar-refractivity contribution in [2.75, 3.05) is 0 Å². The number of benzene rings is 1. The molecule has 16 heavy (non-hydrogen) atoms. The van der Waals surface area contributed by atoms with Crippen molar-refractivity contribution in [1.82, 2.24) is 14.6 Å². The highest BCUT2D eigenvalue weighted by molar-refractivity contribution is 9.10. The molecular weight excluding hydrogens is 274 g/mol. The van der Waals surface area contributed by atoms with E-state index in [0.29, 0.717) is 15.5 Å². The second kappa shape index (κ2) is 3.08. The van der Waals surface area contributed by atoms with Crippen LogP contribution in [-0.2, 0) is 0 Å². The lowest BCUT2D eigenvalue weighted by atomic mass is 10.2. The molecule has 0 fully saturated rings. The Kier molecular flexibility index (Phi) is 1.81. The first-order valence-corrected chi connectivity index (χ1v) is 5.39. The van der Waals surface area contributed by atoms with Crippen molar-refractivity contribution in [1.29, 1.82) is 0 Å². The number of nitrogens with zero attached hydrogens (tertiary/aromatic N) is 1. The van der Waals surface area contributed by atoms with Gasteiger partial charge in [0.1, 0.15) is 5.52 Å². The monoisotopic (exact) mass is 279 g/mol. The van der Waals surface area contributed by atoms with Gasteiger partial charge in [-0.05, 0) is 22.0 Å². The van der Waals surface area contributed by atoms with Gasteiger partial charge < -0.3 is 0 Å². The molecule has 2 N–H and O–H groups in total. The highest BCUT2D eigenvalue weighted by Gasteiger charge is 2.13. The van der Waals surface area contributed by atoms with Crippen molar-refractivity contribution in [3.63, 3.8) is 0 Å². The molecule has 3 aromatic rings. The van der Waals surface area contributed by atoms with Crippen molar-refractivity contribution < 1.29 is 0 Å². The second-order valence-electron chi connectivity index (χ2n) is 3.40. The van der Waals surface area contributed by atoms with Crippen LogP contribution in [0.25, 0.3) is 16.4 Å². The van der Waals surface area contributed by atoms with Crippen molar-refractivity contribution >= 4 is 32.3 Å². The van der Waals surface area contributed by atoms with Crippen LogP contribution in [0.5, 0.6) is 0 Å². The van der Waals surface area contributed by atoms with Crippen LogP contribution in [0.2, 0.25) is 0 Å². The third-order valence-electron chi connectivity index (χ3n) is 2.51. The molecule has 3 rings (SSSR count). The zero-order valence-electron chi connectivity index (χ0n) is 7.95. The Bertz CT molecular complexity index is 812. The summed E-state index contributed by atoms with van der Waals surface area (Å²) >= 11 is 3.34. The minimum atomic E-state index is -0.364. The van der Waals surface area contributed by atoms with E-state index in [1.54, 1.807) is 6.07 Å². The Morgan fingerprint density at radius 1 is 1.12 bits per heavy atom. The van der Waals surface area contributed by atoms with Crippen LogP contribution in [0.3, 0.4) is 0 Å². The zero-order chi connectivity index (χ0) is 11.3. The molecule has 80 valence electrons. The molecule has 0 spiro atoms. The lowest BCUT2D eigenvalue weighted by Gasteiger charge is -1.93. The number of hydrogen-bond acceptors (Lipinski definition) is 2. The van der Waals surface area contributed by atoms with Gasteiger partial charge in [-0.2, -0.15) is 0 Å². The first-order chi connectivity index (χ1) is 7.70. The molecular formula is C10H6BrN3O2. The third-order valence-corrected chi connectivity index (χ3v) is 3.32. The molecule has 0 unspecified atom stereocenters.